The van der Waals surface area contributed by atoms with Crippen molar-refractivity contribution in [3.05, 3.63) is 11.7 Å². The van der Waals surface area contributed by atoms with Gasteiger partial charge in [-0.1, -0.05) is 38.3 Å². The van der Waals surface area contributed by atoms with Crippen LogP contribution in [0.1, 0.15) is 82.5 Å². The van der Waals surface area contributed by atoms with Crippen LogP contribution in [0.5, 0.6) is 0 Å². The van der Waals surface area contributed by atoms with Gasteiger partial charge in [0.2, 0.25) is 5.89 Å². The Labute approximate surface area is 115 Å². The second kappa shape index (κ2) is 5.23. The number of nitrogens with zero attached hydrogens (tertiary/aromatic N) is 2. The Hall–Kier alpha value is -0.900. The van der Waals surface area contributed by atoms with Crippen LogP contribution in [0.15, 0.2) is 4.52 Å². The summed E-state index contributed by atoms with van der Waals surface area (Å²) in [6, 6.07) is 0.214. The average molecular weight is 263 g/mol. The van der Waals surface area contributed by atoms with E-state index in [-0.39, 0.29) is 11.5 Å². The highest BCUT2D eigenvalue weighted by atomic mass is 16.5. The standard InChI is InChI=1S/C15H25N3O/c1-15(2)9-6-10-16-12(15)14-17-13(18-19-14)11-7-4-3-5-8-11/h11-12,16H,3-10H2,1-2H3. The van der Waals surface area contributed by atoms with E-state index in [9.17, 15) is 0 Å². The Morgan fingerprint density at radius 2 is 1.95 bits per heavy atom. The molecule has 4 nitrogen and oxygen atoms in total. The van der Waals surface area contributed by atoms with Crippen LogP contribution in [-0.2, 0) is 0 Å². The molecule has 1 aromatic rings. The molecule has 0 bridgehead atoms. The van der Waals surface area contributed by atoms with Crippen LogP contribution in [0.3, 0.4) is 0 Å². The number of hydrogen-bond acceptors (Lipinski definition) is 4. The minimum atomic E-state index is 0.203. The summed E-state index contributed by atoms with van der Waals surface area (Å²) in [7, 11) is 0. The van der Waals surface area contributed by atoms with Gasteiger partial charge in [-0.15, -0.1) is 0 Å². The molecule has 1 N–H and O–H groups in total. The summed E-state index contributed by atoms with van der Waals surface area (Å²) in [5.41, 5.74) is 0.203. The molecule has 0 radical (unpaired) electrons. The summed E-state index contributed by atoms with van der Waals surface area (Å²) in [6.07, 6.45) is 8.86. The number of rotatable bonds is 2. The van der Waals surface area contributed by atoms with E-state index in [1.54, 1.807) is 0 Å². The van der Waals surface area contributed by atoms with Crippen LogP contribution in [0.25, 0.3) is 0 Å². The first-order valence-electron chi connectivity index (χ1n) is 7.74. The average Bonchev–Trinajstić information content (AvgIpc) is 2.88. The summed E-state index contributed by atoms with van der Waals surface area (Å²) < 4.78 is 5.57. The predicted molar refractivity (Wildman–Crippen MR) is 73.9 cm³/mol. The maximum atomic E-state index is 5.57. The molecule has 19 heavy (non-hydrogen) atoms. The van der Waals surface area contributed by atoms with Gasteiger partial charge in [0.25, 0.3) is 0 Å². The molecule has 106 valence electrons. The van der Waals surface area contributed by atoms with E-state index in [0.717, 1.165) is 18.3 Å². The van der Waals surface area contributed by atoms with Crippen LogP contribution in [0, 0.1) is 5.41 Å². The highest BCUT2D eigenvalue weighted by Gasteiger charge is 2.37. The molecular formula is C15H25N3O. The molecule has 4 heteroatoms. The highest BCUT2D eigenvalue weighted by Crippen LogP contribution is 2.40. The van der Waals surface area contributed by atoms with Crippen LogP contribution in [0.4, 0.5) is 0 Å². The minimum Gasteiger partial charge on any atom is -0.338 e. The third-order valence-electron chi connectivity index (χ3n) is 4.80. The SMILES string of the molecule is CC1(C)CCCNC1c1nc(C2CCCCC2)no1. The van der Waals surface area contributed by atoms with Gasteiger partial charge in [-0.2, -0.15) is 4.98 Å². The lowest BCUT2D eigenvalue weighted by Gasteiger charge is -2.36. The van der Waals surface area contributed by atoms with E-state index in [1.807, 2.05) is 0 Å². The molecule has 2 fully saturated rings. The Balaban J connectivity index is 1.76. The Kier molecular flexibility index (Phi) is 3.61. The lowest BCUT2D eigenvalue weighted by atomic mass is 9.77. The highest BCUT2D eigenvalue weighted by molar-refractivity contribution is 5.04. The summed E-state index contributed by atoms with van der Waals surface area (Å²) in [5.74, 6) is 2.26. The molecule has 1 unspecified atom stereocenters. The predicted octanol–water partition coefficient (Wildman–Crippen LogP) is 3.57. The fraction of sp³-hybridized carbons (Fsp3) is 0.867. The molecular weight excluding hydrogens is 238 g/mol. The third-order valence-corrected chi connectivity index (χ3v) is 4.80. The van der Waals surface area contributed by atoms with Gasteiger partial charge in [0.1, 0.15) is 0 Å². The van der Waals surface area contributed by atoms with Crippen molar-refractivity contribution in [2.45, 2.75) is 70.8 Å². The van der Waals surface area contributed by atoms with Crippen LogP contribution in [0.2, 0.25) is 0 Å². The Morgan fingerprint density at radius 1 is 1.16 bits per heavy atom. The maximum absolute atomic E-state index is 5.57. The first-order valence-corrected chi connectivity index (χ1v) is 7.74. The van der Waals surface area contributed by atoms with Gasteiger partial charge in [0, 0.05) is 5.92 Å². The molecule has 1 saturated heterocycles. The summed E-state index contributed by atoms with van der Waals surface area (Å²) in [5, 5.41) is 7.80. The smallest absolute Gasteiger partial charge is 0.244 e. The Bertz CT molecular complexity index is 421. The number of piperidine rings is 1. The number of aromatic nitrogens is 2. The molecule has 1 atom stereocenters. The van der Waals surface area contributed by atoms with Gasteiger partial charge < -0.3 is 9.84 Å². The van der Waals surface area contributed by atoms with Crippen molar-refractivity contribution in [3.8, 4) is 0 Å². The van der Waals surface area contributed by atoms with Crippen molar-refractivity contribution in [2.75, 3.05) is 6.54 Å². The molecule has 1 aromatic heterocycles. The first-order chi connectivity index (χ1) is 9.17. The summed E-state index contributed by atoms with van der Waals surface area (Å²) in [4.78, 5) is 4.71. The zero-order valence-electron chi connectivity index (χ0n) is 12.1. The molecule has 2 heterocycles. The second-order valence-electron chi connectivity index (χ2n) is 6.81. The second-order valence-corrected chi connectivity index (χ2v) is 6.81. The van der Waals surface area contributed by atoms with Crippen LogP contribution in [-0.4, -0.2) is 16.7 Å². The molecule has 1 aliphatic carbocycles. The fourth-order valence-electron chi connectivity index (χ4n) is 3.52. The van der Waals surface area contributed by atoms with E-state index in [2.05, 4.69) is 24.3 Å². The maximum Gasteiger partial charge on any atom is 0.244 e. The molecule has 3 rings (SSSR count). The topological polar surface area (TPSA) is 51.0 Å². The molecule has 2 aliphatic rings. The third kappa shape index (κ3) is 2.69. The zero-order chi connectivity index (χ0) is 13.3. The van der Waals surface area contributed by atoms with Crippen LogP contribution >= 0.6 is 0 Å². The van der Waals surface area contributed by atoms with Crippen molar-refractivity contribution < 1.29 is 4.52 Å². The van der Waals surface area contributed by atoms with E-state index < -0.39 is 0 Å². The molecule has 0 amide bonds. The zero-order valence-corrected chi connectivity index (χ0v) is 12.1. The Morgan fingerprint density at radius 3 is 2.68 bits per heavy atom. The van der Waals surface area contributed by atoms with E-state index in [1.165, 1.54) is 44.9 Å². The van der Waals surface area contributed by atoms with Crippen molar-refractivity contribution in [2.24, 2.45) is 5.41 Å². The summed E-state index contributed by atoms with van der Waals surface area (Å²) in [6.45, 7) is 5.62. The van der Waals surface area contributed by atoms with Gasteiger partial charge in [-0.05, 0) is 37.6 Å². The van der Waals surface area contributed by atoms with Gasteiger partial charge in [-0.3, -0.25) is 0 Å². The van der Waals surface area contributed by atoms with E-state index >= 15 is 0 Å². The summed E-state index contributed by atoms with van der Waals surface area (Å²) >= 11 is 0. The van der Waals surface area contributed by atoms with Gasteiger partial charge in [0.15, 0.2) is 5.82 Å². The normalized spacial score (nSPS) is 28.4. The van der Waals surface area contributed by atoms with Crippen LogP contribution < -0.4 is 5.32 Å². The van der Waals surface area contributed by atoms with Crippen molar-refractivity contribution in [1.29, 1.82) is 0 Å². The largest absolute Gasteiger partial charge is 0.338 e. The monoisotopic (exact) mass is 263 g/mol. The molecule has 1 saturated carbocycles. The van der Waals surface area contributed by atoms with Gasteiger partial charge in [0.05, 0.1) is 6.04 Å². The fourth-order valence-corrected chi connectivity index (χ4v) is 3.52. The minimum absolute atomic E-state index is 0.203. The van der Waals surface area contributed by atoms with Crippen molar-refractivity contribution in [1.82, 2.24) is 15.5 Å². The molecule has 1 aliphatic heterocycles. The quantitative estimate of drug-likeness (QED) is 0.886. The van der Waals surface area contributed by atoms with Gasteiger partial charge in [-0.25, -0.2) is 0 Å². The number of nitrogens with one attached hydrogen (secondary N) is 1. The van der Waals surface area contributed by atoms with E-state index in [4.69, 9.17) is 9.51 Å². The lowest BCUT2D eigenvalue weighted by Crippen LogP contribution is -2.39. The molecule has 0 aromatic carbocycles. The van der Waals surface area contributed by atoms with Crippen molar-refractivity contribution in [3.63, 3.8) is 0 Å². The lowest BCUT2D eigenvalue weighted by molar-refractivity contribution is 0.146. The van der Waals surface area contributed by atoms with Gasteiger partial charge >= 0.3 is 0 Å². The van der Waals surface area contributed by atoms with Crippen molar-refractivity contribution >= 4 is 0 Å². The first kappa shape index (κ1) is 13.1. The van der Waals surface area contributed by atoms with E-state index in [0.29, 0.717) is 5.92 Å². The molecule has 0 spiro atoms. The number of hydrogen-bond donors (Lipinski definition) is 1.